The molecule has 140 valence electrons. The number of carbonyl (C=O) groups is 2. The van der Waals surface area contributed by atoms with E-state index in [-0.39, 0.29) is 24.0 Å². The molecule has 3 aromatic rings. The van der Waals surface area contributed by atoms with Crippen LogP contribution in [0.1, 0.15) is 19.2 Å². The van der Waals surface area contributed by atoms with Crippen molar-refractivity contribution < 1.29 is 14.0 Å². The second-order valence-corrected chi connectivity index (χ2v) is 6.08. The number of amides is 2. The zero-order valence-corrected chi connectivity index (χ0v) is 15.0. The quantitative estimate of drug-likeness (QED) is 0.673. The Morgan fingerprint density at radius 3 is 2.59 bits per heavy atom. The van der Waals surface area contributed by atoms with Gasteiger partial charge in [-0.25, -0.2) is 9.37 Å². The van der Waals surface area contributed by atoms with E-state index < -0.39 is 5.82 Å². The standard InChI is InChI=1S/C20H21FN4O2/c1-2-19(26)22-12-11-18-23-16-9-5-6-10-17(16)25(18)13-20(27)24-15-8-4-3-7-14(15)21/h3-10H,2,11-13H2,1H3,(H,22,26)(H,24,27). The van der Waals surface area contributed by atoms with E-state index in [0.29, 0.717) is 25.2 Å². The van der Waals surface area contributed by atoms with Crippen LogP contribution in [-0.2, 0) is 22.6 Å². The zero-order valence-electron chi connectivity index (χ0n) is 15.0. The highest BCUT2D eigenvalue weighted by molar-refractivity contribution is 5.91. The summed E-state index contributed by atoms with van der Waals surface area (Å²) in [6.45, 7) is 2.23. The van der Waals surface area contributed by atoms with Gasteiger partial charge in [0.2, 0.25) is 11.8 Å². The Bertz CT molecular complexity index is 968. The van der Waals surface area contributed by atoms with Crippen molar-refractivity contribution in [3.8, 4) is 0 Å². The summed E-state index contributed by atoms with van der Waals surface area (Å²) in [4.78, 5) is 28.5. The molecule has 0 aliphatic carbocycles. The average Bonchev–Trinajstić information content (AvgIpc) is 3.01. The summed E-state index contributed by atoms with van der Waals surface area (Å²) in [7, 11) is 0. The van der Waals surface area contributed by atoms with E-state index in [1.807, 2.05) is 24.3 Å². The van der Waals surface area contributed by atoms with Gasteiger partial charge in [-0.15, -0.1) is 0 Å². The lowest BCUT2D eigenvalue weighted by atomic mass is 10.3. The first-order valence-electron chi connectivity index (χ1n) is 8.83. The van der Waals surface area contributed by atoms with Crippen molar-refractivity contribution >= 4 is 28.5 Å². The molecule has 0 saturated heterocycles. The van der Waals surface area contributed by atoms with Crippen molar-refractivity contribution in [1.82, 2.24) is 14.9 Å². The number of hydrogen-bond donors (Lipinski definition) is 2. The Hall–Kier alpha value is -3.22. The minimum atomic E-state index is -0.483. The molecule has 0 aliphatic rings. The Kier molecular flexibility index (Phi) is 5.80. The fraction of sp³-hybridized carbons (Fsp3) is 0.250. The summed E-state index contributed by atoms with van der Waals surface area (Å²) < 4.78 is 15.6. The topological polar surface area (TPSA) is 76.0 Å². The highest BCUT2D eigenvalue weighted by atomic mass is 19.1. The van der Waals surface area contributed by atoms with Crippen molar-refractivity contribution in [2.75, 3.05) is 11.9 Å². The van der Waals surface area contributed by atoms with E-state index in [1.165, 1.54) is 12.1 Å². The van der Waals surface area contributed by atoms with Gasteiger partial charge in [0.15, 0.2) is 0 Å². The predicted octanol–water partition coefficient (Wildman–Crippen LogP) is 2.88. The molecule has 0 bridgehead atoms. The van der Waals surface area contributed by atoms with Gasteiger partial charge < -0.3 is 15.2 Å². The normalized spacial score (nSPS) is 10.7. The van der Waals surface area contributed by atoms with Crippen molar-refractivity contribution in [3.05, 3.63) is 60.2 Å². The van der Waals surface area contributed by atoms with Gasteiger partial charge in [-0.2, -0.15) is 0 Å². The first-order valence-corrected chi connectivity index (χ1v) is 8.83. The van der Waals surface area contributed by atoms with E-state index in [0.717, 1.165) is 11.0 Å². The Morgan fingerprint density at radius 2 is 1.81 bits per heavy atom. The molecule has 6 nitrogen and oxygen atoms in total. The number of hydrogen-bond acceptors (Lipinski definition) is 3. The van der Waals surface area contributed by atoms with Gasteiger partial charge in [0.05, 0.1) is 16.7 Å². The zero-order chi connectivity index (χ0) is 19.2. The van der Waals surface area contributed by atoms with Crippen LogP contribution in [0, 0.1) is 5.82 Å². The molecule has 0 atom stereocenters. The monoisotopic (exact) mass is 368 g/mol. The summed E-state index contributed by atoms with van der Waals surface area (Å²) in [5, 5.41) is 5.40. The second kappa shape index (κ2) is 8.44. The Labute approximate surface area is 156 Å². The molecule has 0 fully saturated rings. The first kappa shape index (κ1) is 18.6. The molecule has 0 spiro atoms. The largest absolute Gasteiger partial charge is 0.356 e. The minimum absolute atomic E-state index is 0.00586. The smallest absolute Gasteiger partial charge is 0.244 e. The van der Waals surface area contributed by atoms with E-state index >= 15 is 0 Å². The SMILES string of the molecule is CCC(=O)NCCc1nc2ccccc2n1CC(=O)Nc1ccccc1F. The molecule has 0 aliphatic heterocycles. The first-order chi connectivity index (χ1) is 13.1. The van der Waals surface area contributed by atoms with Crippen molar-refractivity contribution in [3.63, 3.8) is 0 Å². The molecule has 2 aromatic carbocycles. The molecule has 0 unspecified atom stereocenters. The number of aromatic nitrogens is 2. The van der Waals surface area contributed by atoms with Crippen LogP contribution in [0.3, 0.4) is 0 Å². The summed E-state index contributed by atoms with van der Waals surface area (Å²) in [5.74, 6) is -0.169. The fourth-order valence-electron chi connectivity index (χ4n) is 2.83. The summed E-state index contributed by atoms with van der Waals surface area (Å²) >= 11 is 0. The molecule has 27 heavy (non-hydrogen) atoms. The van der Waals surface area contributed by atoms with Gasteiger partial charge in [-0.05, 0) is 24.3 Å². The van der Waals surface area contributed by atoms with E-state index in [1.54, 1.807) is 23.6 Å². The molecular weight excluding hydrogens is 347 g/mol. The van der Waals surface area contributed by atoms with E-state index in [4.69, 9.17) is 0 Å². The third-order valence-corrected chi connectivity index (χ3v) is 4.18. The molecule has 3 rings (SSSR count). The van der Waals surface area contributed by atoms with Gasteiger partial charge in [-0.1, -0.05) is 31.2 Å². The maximum atomic E-state index is 13.8. The van der Waals surface area contributed by atoms with Crippen LogP contribution in [0.2, 0.25) is 0 Å². The van der Waals surface area contributed by atoms with Gasteiger partial charge in [0.25, 0.3) is 0 Å². The average molecular weight is 368 g/mol. The van der Waals surface area contributed by atoms with E-state index in [2.05, 4.69) is 15.6 Å². The third kappa shape index (κ3) is 4.49. The van der Waals surface area contributed by atoms with Crippen LogP contribution >= 0.6 is 0 Å². The van der Waals surface area contributed by atoms with Crippen LogP contribution in [0.25, 0.3) is 11.0 Å². The lowest BCUT2D eigenvalue weighted by Crippen LogP contribution is -2.26. The fourth-order valence-corrected chi connectivity index (χ4v) is 2.83. The number of nitrogens with one attached hydrogen (secondary N) is 2. The van der Waals surface area contributed by atoms with E-state index in [9.17, 15) is 14.0 Å². The minimum Gasteiger partial charge on any atom is -0.356 e. The van der Waals surface area contributed by atoms with Crippen LogP contribution in [-0.4, -0.2) is 27.9 Å². The molecule has 7 heteroatoms. The number of fused-ring (bicyclic) bond motifs is 1. The van der Waals surface area contributed by atoms with Crippen LogP contribution in [0.4, 0.5) is 10.1 Å². The summed E-state index contributed by atoms with van der Waals surface area (Å²) in [6, 6.07) is 13.5. The maximum Gasteiger partial charge on any atom is 0.244 e. The van der Waals surface area contributed by atoms with Gasteiger partial charge in [0.1, 0.15) is 18.2 Å². The lowest BCUT2D eigenvalue weighted by molar-refractivity contribution is -0.120. The third-order valence-electron chi connectivity index (χ3n) is 4.18. The highest BCUT2D eigenvalue weighted by Crippen LogP contribution is 2.17. The summed E-state index contributed by atoms with van der Waals surface area (Å²) in [6.07, 6.45) is 0.912. The van der Waals surface area contributed by atoms with Gasteiger partial charge >= 0.3 is 0 Å². The molecule has 1 heterocycles. The number of anilines is 1. The molecular formula is C20H21FN4O2. The predicted molar refractivity (Wildman–Crippen MR) is 102 cm³/mol. The van der Waals surface area contributed by atoms with Gasteiger partial charge in [0, 0.05) is 19.4 Å². The highest BCUT2D eigenvalue weighted by Gasteiger charge is 2.14. The maximum absolute atomic E-state index is 13.8. The van der Waals surface area contributed by atoms with Gasteiger partial charge in [-0.3, -0.25) is 9.59 Å². The summed E-state index contributed by atoms with van der Waals surface area (Å²) in [5.41, 5.74) is 1.73. The Balaban J connectivity index is 1.79. The molecule has 2 N–H and O–H groups in total. The van der Waals surface area contributed by atoms with Crippen molar-refractivity contribution in [2.24, 2.45) is 0 Å². The lowest BCUT2D eigenvalue weighted by Gasteiger charge is -2.11. The number of benzene rings is 2. The van der Waals surface area contributed by atoms with Crippen molar-refractivity contribution in [2.45, 2.75) is 26.3 Å². The molecule has 2 amide bonds. The van der Waals surface area contributed by atoms with Crippen molar-refractivity contribution in [1.29, 1.82) is 0 Å². The second-order valence-electron chi connectivity index (χ2n) is 6.08. The molecule has 0 radical (unpaired) electrons. The van der Waals surface area contributed by atoms with Crippen LogP contribution in [0.5, 0.6) is 0 Å². The number of rotatable bonds is 7. The Morgan fingerprint density at radius 1 is 1.07 bits per heavy atom. The number of imidazole rings is 1. The molecule has 0 saturated carbocycles. The number of para-hydroxylation sites is 3. The van der Waals surface area contributed by atoms with Crippen LogP contribution < -0.4 is 10.6 Å². The number of halogens is 1. The van der Waals surface area contributed by atoms with Crippen LogP contribution in [0.15, 0.2) is 48.5 Å². The number of nitrogens with zero attached hydrogens (tertiary/aromatic N) is 2. The number of carbonyl (C=O) groups excluding carboxylic acids is 2. The molecule has 1 aromatic heterocycles.